The Morgan fingerprint density at radius 3 is 2.87 bits per heavy atom. The van der Waals surface area contributed by atoms with Crippen LogP contribution in [0.5, 0.6) is 0 Å². The first kappa shape index (κ1) is 18.3. The lowest BCUT2D eigenvalue weighted by atomic mass is 10.0. The number of fused-ring (bicyclic) bond motifs is 2. The number of nitrogens with zero attached hydrogens (tertiary/aromatic N) is 3. The molecule has 0 amide bonds. The predicted octanol–water partition coefficient (Wildman–Crippen LogP) is 6.45. The van der Waals surface area contributed by atoms with Gasteiger partial charge >= 0.3 is 0 Å². The molecule has 0 fully saturated rings. The van der Waals surface area contributed by atoms with Gasteiger partial charge in [0.2, 0.25) is 0 Å². The van der Waals surface area contributed by atoms with Crippen LogP contribution in [0.15, 0.2) is 78.0 Å². The van der Waals surface area contributed by atoms with E-state index in [1.54, 1.807) is 11.3 Å². The minimum atomic E-state index is 0.885. The Labute approximate surface area is 177 Å². The second-order valence-electron chi connectivity index (χ2n) is 6.85. The van der Waals surface area contributed by atoms with Crippen molar-refractivity contribution < 1.29 is 0 Å². The van der Waals surface area contributed by atoms with Crippen molar-refractivity contribution in [3.63, 3.8) is 0 Å². The van der Waals surface area contributed by atoms with Gasteiger partial charge in [-0.25, -0.2) is 0 Å². The van der Waals surface area contributed by atoms with E-state index in [1.165, 1.54) is 11.1 Å². The van der Waals surface area contributed by atoms with Gasteiger partial charge in [0.25, 0.3) is 0 Å². The number of nitrogens with one attached hydrogen (secondary N) is 2. The molecule has 0 unspecified atom stereocenters. The Balaban J connectivity index is 1.65. The molecule has 4 heterocycles. The van der Waals surface area contributed by atoms with Gasteiger partial charge in [-0.3, -0.25) is 15.1 Å². The number of hydrogen-bond donors (Lipinski definition) is 2. The Morgan fingerprint density at radius 1 is 1.13 bits per heavy atom. The fourth-order valence-electron chi connectivity index (χ4n) is 3.65. The Hall–Kier alpha value is -3.77. The third-order valence-electron chi connectivity index (χ3n) is 5.11. The molecule has 0 saturated carbocycles. The van der Waals surface area contributed by atoms with E-state index in [9.17, 15) is 0 Å². The molecule has 1 aromatic carbocycles. The number of aromatic nitrogens is 4. The third-order valence-corrected chi connectivity index (χ3v) is 6.02. The lowest BCUT2D eigenvalue weighted by Crippen LogP contribution is -1.86. The maximum atomic E-state index is 4.60. The topological polar surface area (TPSA) is 69.7 Å². The number of rotatable bonds is 5. The molecule has 0 bridgehead atoms. The quantitative estimate of drug-likeness (QED) is 0.327. The summed E-state index contributed by atoms with van der Waals surface area (Å²) in [6.07, 6.45) is 9.17. The highest BCUT2D eigenvalue weighted by Crippen LogP contribution is 2.35. The van der Waals surface area contributed by atoms with Crippen molar-refractivity contribution in [3.8, 4) is 21.8 Å². The van der Waals surface area contributed by atoms with Crippen LogP contribution < -0.4 is 0 Å². The maximum absolute atomic E-state index is 4.60. The first-order chi connectivity index (χ1) is 14.8. The van der Waals surface area contributed by atoms with Gasteiger partial charge in [-0.1, -0.05) is 24.8 Å². The molecular formula is C24H19N5S. The van der Waals surface area contributed by atoms with Gasteiger partial charge in [0.1, 0.15) is 5.69 Å². The Bertz CT molecular complexity index is 1420. The number of thiophene rings is 1. The normalized spacial score (nSPS) is 12.4. The average Bonchev–Trinajstić information content (AvgIpc) is 3.52. The zero-order chi connectivity index (χ0) is 20.5. The van der Waals surface area contributed by atoms with Crippen LogP contribution in [-0.4, -0.2) is 26.4 Å². The van der Waals surface area contributed by atoms with Crippen LogP contribution in [0.2, 0.25) is 0 Å². The van der Waals surface area contributed by atoms with Crippen molar-refractivity contribution >= 4 is 44.9 Å². The van der Waals surface area contributed by atoms with Gasteiger partial charge in [-0.15, -0.1) is 11.3 Å². The molecule has 0 aliphatic heterocycles. The largest absolute Gasteiger partial charge is 0.352 e. The van der Waals surface area contributed by atoms with E-state index in [0.717, 1.165) is 49.9 Å². The number of H-pyrrole nitrogens is 2. The SMILES string of the molecule is C=CN=C/C(=C\C)c1ccc2[nH]nc(-c3cc4c(-c5cccs5)cncc4[nH]3)c2c1. The monoisotopic (exact) mass is 409 g/mol. The van der Waals surface area contributed by atoms with Crippen molar-refractivity contribution in [1.82, 2.24) is 20.2 Å². The van der Waals surface area contributed by atoms with E-state index in [-0.39, 0.29) is 0 Å². The molecule has 5 aromatic rings. The van der Waals surface area contributed by atoms with Crippen LogP contribution in [-0.2, 0) is 0 Å². The minimum absolute atomic E-state index is 0.885. The van der Waals surface area contributed by atoms with Gasteiger partial charge < -0.3 is 4.98 Å². The summed E-state index contributed by atoms with van der Waals surface area (Å²) in [5, 5.41) is 12.0. The molecule has 30 heavy (non-hydrogen) atoms. The molecule has 6 heteroatoms. The maximum Gasteiger partial charge on any atom is 0.116 e. The number of hydrogen-bond acceptors (Lipinski definition) is 4. The van der Waals surface area contributed by atoms with Gasteiger partial charge in [0.05, 0.1) is 22.9 Å². The van der Waals surface area contributed by atoms with E-state index in [1.807, 2.05) is 37.7 Å². The van der Waals surface area contributed by atoms with Gasteiger partial charge in [-0.2, -0.15) is 5.10 Å². The highest BCUT2D eigenvalue weighted by atomic mass is 32.1. The predicted molar refractivity (Wildman–Crippen MR) is 127 cm³/mol. The van der Waals surface area contributed by atoms with Crippen LogP contribution in [0, 0.1) is 0 Å². The van der Waals surface area contributed by atoms with Crippen molar-refractivity contribution in [1.29, 1.82) is 0 Å². The number of benzene rings is 1. The van der Waals surface area contributed by atoms with E-state index in [2.05, 4.69) is 67.4 Å². The molecule has 146 valence electrons. The van der Waals surface area contributed by atoms with Crippen molar-refractivity contribution in [2.45, 2.75) is 6.92 Å². The summed E-state index contributed by atoms with van der Waals surface area (Å²) in [5.74, 6) is 0. The summed E-state index contributed by atoms with van der Waals surface area (Å²) in [6.45, 7) is 5.66. The second kappa shape index (κ2) is 7.57. The minimum Gasteiger partial charge on any atom is -0.352 e. The van der Waals surface area contributed by atoms with E-state index in [0.29, 0.717) is 0 Å². The molecule has 5 rings (SSSR count). The van der Waals surface area contributed by atoms with Crippen molar-refractivity contribution in [2.24, 2.45) is 4.99 Å². The standard InChI is InChI=1S/C24H19N5S/c1-3-15(12-25-4-2)16-7-8-20-18(10-16)24(29-28-20)21-11-17-19(23-6-5-9-30-23)13-26-14-22(17)27-21/h3-14,27H,2H2,1H3,(H,28,29)/b15-3+,25-12?. The van der Waals surface area contributed by atoms with Crippen LogP contribution in [0.1, 0.15) is 12.5 Å². The summed E-state index contributed by atoms with van der Waals surface area (Å²) in [4.78, 5) is 13.3. The van der Waals surface area contributed by atoms with Crippen LogP contribution in [0.25, 0.3) is 49.2 Å². The van der Waals surface area contributed by atoms with Crippen LogP contribution >= 0.6 is 11.3 Å². The molecule has 0 aliphatic carbocycles. The molecule has 0 atom stereocenters. The Morgan fingerprint density at radius 2 is 2.07 bits per heavy atom. The molecule has 0 saturated heterocycles. The highest BCUT2D eigenvalue weighted by molar-refractivity contribution is 7.13. The molecular weight excluding hydrogens is 390 g/mol. The van der Waals surface area contributed by atoms with Crippen LogP contribution in [0.4, 0.5) is 0 Å². The smallest absolute Gasteiger partial charge is 0.116 e. The van der Waals surface area contributed by atoms with Crippen LogP contribution in [0.3, 0.4) is 0 Å². The van der Waals surface area contributed by atoms with Crippen molar-refractivity contribution in [3.05, 3.63) is 78.6 Å². The third kappa shape index (κ3) is 3.07. The zero-order valence-corrected chi connectivity index (χ0v) is 17.2. The zero-order valence-electron chi connectivity index (χ0n) is 16.4. The summed E-state index contributed by atoms with van der Waals surface area (Å²) in [7, 11) is 0. The fourth-order valence-corrected chi connectivity index (χ4v) is 4.40. The highest BCUT2D eigenvalue weighted by Gasteiger charge is 2.15. The lowest BCUT2D eigenvalue weighted by molar-refractivity contribution is 1.12. The van der Waals surface area contributed by atoms with E-state index in [4.69, 9.17) is 0 Å². The first-order valence-electron chi connectivity index (χ1n) is 9.58. The first-order valence-corrected chi connectivity index (χ1v) is 10.5. The van der Waals surface area contributed by atoms with Gasteiger partial charge in [0.15, 0.2) is 0 Å². The number of aliphatic imine (C=N–C) groups is 1. The van der Waals surface area contributed by atoms with E-state index < -0.39 is 0 Å². The number of aromatic amines is 2. The summed E-state index contributed by atoms with van der Waals surface area (Å²) >= 11 is 1.71. The second-order valence-corrected chi connectivity index (χ2v) is 7.79. The van der Waals surface area contributed by atoms with Gasteiger partial charge in [0, 0.05) is 39.8 Å². The number of pyridine rings is 1. The average molecular weight is 410 g/mol. The van der Waals surface area contributed by atoms with E-state index >= 15 is 0 Å². The van der Waals surface area contributed by atoms with Gasteiger partial charge in [-0.05, 0) is 47.7 Å². The van der Waals surface area contributed by atoms with Crippen molar-refractivity contribution in [2.75, 3.05) is 0 Å². The molecule has 2 N–H and O–H groups in total. The summed E-state index contributed by atoms with van der Waals surface area (Å²) in [6, 6.07) is 12.6. The number of allylic oxidation sites excluding steroid dienone is 2. The Kier molecular flexibility index (Phi) is 4.61. The summed E-state index contributed by atoms with van der Waals surface area (Å²) in [5.41, 5.74) is 7.07. The fraction of sp³-hybridized carbons (Fsp3) is 0.0417. The molecule has 5 nitrogen and oxygen atoms in total. The molecule has 4 aromatic heterocycles. The molecule has 0 radical (unpaired) electrons. The molecule has 0 aliphatic rings. The summed E-state index contributed by atoms with van der Waals surface area (Å²) < 4.78 is 0. The molecule has 0 spiro atoms. The lowest BCUT2D eigenvalue weighted by Gasteiger charge is -2.02.